The predicted molar refractivity (Wildman–Crippen MR) is 86.9 cm³/mol. The molecule has 0 unspecified atom stereocenters. The summed E-state index contributed by atoms with van der Waals surface area (Å²) in [6, 6.07) is 4.49. The molecule has 11 heteroatoms. The van der Waals surface area contributed by atoms with Gasteiger partial charge in [-0.2, -0.15) is 21.3 Å². The van der Waals surface area contributed by atoms with Gasteiger partial charge in [-0.1, -0.05) is 0 Å². The fraction of sp³-hybridized carbons (Fsp3) is 0.462. The SMILES string of the molecule is CN(C)S(=O)(=O)N1CCN(S(=O)(=O)c2ccc3ncoc3c2)CC1. The van der Waals surface area contributed by atoms with Gasteiger partial charge in [0.1, 0.15) is 5.52 Å². The van der Waals surface area contributed by atoms with E-state index in [0.717, 1.165) is 4.31 Å². The highest BCUT2D eigenvalue weighted by Gasteiger charge is 2.34. The van der Waals surface area contributed by atoms with E-state index >= 15 is 0 Å². The van der Waals surface area contributed by atoms with E-state index in [2.05, 4.69) is 4.98 Å². The van der Waals surface area contributed by atoms with Crippen LogP contribution in [0.5, 0.6) is 0 Å². The smallest absolute Gasteiger partial charge is 0.281 e. The molecule has 1 aliphatic rings. The fourth-order valence-electron chi connectivity index (χ4n) is 2.52. The highest BCUT2D eigenvalue weighted by atomic mass is 32.2. The van der Waals surface area contributed by atoms with Crippen LogP contribution >= 0.6 is 0 Å². The van der Waals surface area contributed by atoms with Gasteiger partial charge in [-0.3, -0.25) is 0 Å². The van der Waals surface area contributed by atoms with Gasteiger partial charge in [0, 0.05) is 46.3 Å². The van der Waals surface area contributed by atoms with E-state index in [1.165, 1.54) is 41.2 Å². The summed E-state index contributed by atoms with van der Waals surface area (Å²) in [6.45, 7) is 0.433. The first-order valence-electron chi connectivity index (χ1n) is 7.24. The van der Waals surface area contributed by atoms with Crippen LogP contribution < -0.4 is 0 Å². The van der Waals surface area contributed by atoms with Crippen molar-refractivity contribution in [1.82, 2.24) is 17.9 Å². The topological polar surface area (TPSA) is 104 Å². The van der Waals surface area contributed by atoms with Gasteiger partial charge in [-0.25, -0.2) is 13.4 Å². The first-order valence-corrected chi connectivity index (χ1v) is 10.1. The maximum Gasteiger partial charge on any atom is 0.281 e. The Morgan fingerprint density at radius 2 is 1.67 bits per heavy atom. The third kappa shape index (κ3) is 2.93. The largest absolute Gasteiger partial charge is 0.443 e. The van der Waals surface area contributed by atoms with E-state index < -0.39 is 20.2 Å². The van der Waals surface area contributed by atoms with Crippen LogP contribution in [0.15, 0.2) is 33.9 Å². The molecule has 1 saturated heterocycles. The minimum atomic E-state index is -3.71. The van der Waals surface area contributed by atoms with Gasteiger partial charge in [-0.05, 0) is 12.1 Å². The van der Waals surface area contributed by atoms with Crippen molar-refractivity contribution in [2.24, 2.45) is 0 Å². The molecule has 1 fully saturated rings. The Balaban J connectivity index is 1.80. The Kier molecular flexibility index (Phi) is 4.38. The molecular weight excluding hydrogens is 356 g/mol. The first kappa shape index (κ1) is 17.3. The summed E-state index contributed by atoms with van der Waals surface area (Å²) < 4.78 is 58.5. The third-order valence-corrected chi connectivity index (χ3v) is 7.76. The van der Waals surface area contributed by atoms with Gasteiger partial charge >= 0.3 is 0 Å². The molecule has 2 heterocycles. The number of hydrogen-bond acceptors (Lipinski definition) is 6. The van der Waals surface area contributed by atoms with E-state index in [0.29, 0.717) is 11.1 Å². The van der Waals surface area contributed by atoms with Gasteiger partial charge in [0.05, 0.1) is 4.90 Å². The summed E-state index contributed by atoms with van der Waals surface area (Å²) >= 11 is 0. The number of oxazole rings is 1. The normalized spacial score (nSPS) is 18.5. The Labute approximate surface area is 140 Å². The van der Waals surface area contributed by atoms with Crippen molar-refractivity contribution < 1.29 is 21.3 Å². The molecule has 0 saturated carbocycles. The monoisotopic (exact) mass is 374 g/mol. The molecule has 1 aromatic carbocycles. The lowest BCUT2D eigenvalue weighted by molar-refractivity contribution is 0.262. The van der Waals surface area contributed by atoms with Gasteiger partial charge in [0.25, 0.3) is 10.2 Å². The molecular formula is C13H18N4O5S2. The zero-order valence-corrected chi connectivity index (χ0v) is 14.9. The Hall–Kier alpha value is -1.53. The lowest BCUT2D eigenvalue weighted by Gasteiger charge is -2.34. The van der Waals surface area contributed by atoms with Crippen molar-refractivity contribution in [2.45, 2.75) is 4.90 Å². The molecule has 3 rings (SSSR count). The molecule has 0 bridgehead atoms. The molecule has 0 amide bonds. The zero-order valence-electron chi connectivity index (χ0n) is 13.3. The summed E-state index contributed by atoms with van der Waals surface area (Å²) in [5.74, 6) is 0. The summed E-state index contributed by atoms with van der Waals surface area (Å²) in [4.78, 5) is 4.06. The minimum absolute atomic E-state index is 0.101. The molecule has 2 aromatic rings. The maximum atomic E-state index is 12.7. The Morgan fingerprint density at radius 1 is 1.04 bits per heavy atom. The number of aromatic nitrogens is 1. The lowest BCUT2D eigenvalue weighted by atomic mass is 10.3. The maximum absolute atomic E-state index is 12.7. The average Bonchev–Trinajstić information content (AvgIpc) is 3.02. The van der Waals surface area contributed by atoms with E-state index in [1.54, 1.807) is 6.07 Å². The van der Waals surface area contributed by atoms with Crippen molar-refractivity contribution in [3.63, 3.8) is 0 Å². The molecule has 0 N–H and O–H groups in total. The van der Waals surface area contributed by atoms with E-state index in [-0.39, 0.29) is 31.1 Å². The van der Waals surface area contributed by atoms with Crippen LogP contribution in [0.2, 0.25) is 0 Å². The Morgan fingerprint density at radius 3 is 2.29 bits per heavy atom. The molecule has 1 aliphatic heterocycles. The van der Waals surface area contributed by atoms with Gasteiger partial charge in [0.2, 0.25) is 10.0 Å². The highest BCUT2D eigenvalue weighted by Crippen LogP contribution is 2.23. The molecule has 1 aromatic heterocycles. The molecule has 0 aliphatic carbocycles. The predicted octanol–water partition coefficient (Wildman–Crippen LogP) is -0.0595. The third-order valence-electron chi connectivity index (χ3n) is 3.93. The number of piperazine rings is 1. The molecule has 24 heavy (non-hydrogen) atoms. The van der Waals surface area contributed by atoms with Crippen molar-refractivity contribution in [3.05, 3.63) is 24.6 Å². The number of rotatable bonds is 4. The van der Waals surface area contributed by atoms with Crippen molar-refractivity contribution >= 4 is 31.3 Å². The summed E-state index contributed by atoms with van der Waals surface area (Å²) in [6.07, 6.45) is 1.26. The van der Waals surface area contributed by atoms with Gasteiger partial charge in [-0.15, -0.1) is 0 Å². The number of sulfonamides is 1. The van der Waals surface area contributed by atoms with E-state index in [9.17, 15) is 16.8 Å². The standard InChI is InChI=1S/C13H18N4O5S2/c1-15(2)24(20,21)17-7-5-16(6-8-17)23(18,19)11-3-4-12-13(9-11)22-10-14-12/h3-4,9-10H,5-8H2,1-2H3. The highest BCUT2D eigenvalue weighted by molar-refractivity contribution is 7.89. The molecule has 132 valence electrons. The summed E-state index contributed by atoms with van der Waals surface area (Å²) in [5, 5.41) is 0. The average molecular weight is 374 g/mol. The van der Waals surface area contributed by atoms with Crippen LogP contribution in [0, 0.1) is 0 Å². The second-order valence-electron chi connectivity index (χ2n) is 5.58. The summed E-state index contributed by atoms with van der Waals surface area (Å²) in [5.41, 5.74) is 0.973. The van der Waals surface area contributed by atoms with Crippen LogP contribution in [-0.4, -0.2) is 75.0 Å². The van der Waals surface area contributed by atoms with Crippen molar-refractivity contribution in [1.29, 1.82) is 0 Å². The second-order valence-corrected chi connectivity index (χ2v) is 9.66. The number of fused-ring (bicyclic) bond motifs is 1. The van der Waals surface area contributed by atoms with Gasteiger partial charge < -0.3 is 4.42 Å². The van der Waals surface area contributed by atoms with Crippen molar-refractivity contribution in [2.75, 3.05) is 40.3 Å². The van der Waals surface area contributed by atoms with Crippen LogP contribution in [0.4, 0.5) is 0 Å². The van der Waals surface area contributed by atoms with Crippen LogP contribution in [0.25, 0.3) is 11.1 Å². The molecule has 0 spiro atoms. The fourth-order valence-corrected chi connectivity index (χ4v) is 5.04. The van der Waals surface area contributed by atoms with Crippen LogP contribution in [0.1, 0.15) is 0 Å². The van der Waals surface area contributed by atoms with E-state index in [1.807, 2.05) is 0 Å². The second kappa shape index (κ2) is 6.08. The lowest BCUT2D eigenvalue weighted by Crippen LogP contribution is -2.52. The number of nitrogens with zero attached hydrogens (tertiary/aromatic N) is 4. The first-order chi connectivity index (χ1) is 11.2. The van der Waals surface area contributed by atoms with Crippen molar-refractivity contribution in [3.8, 4) is 0 Å². The van der Waals surface area contributed by atoms with Gasteiger partial charge in [0.15, 0.2) is 12.0 Å². The zero-order chi connectivity index (χ0) is 17.5. The number of benzene rings is 1. The Bertz CT molecular complexity index is 944. The minimum Gasteiger partial charge on any atom is -0.443 e. The number of hydrogen-bond donors (Lipinski definition) is 0. The van der Waals surface area contributed by atoms with E-state index in [4.69, 9.17) is 4.42 Å². The summed E-state index contributed by atoms with van der Waals surface area (Å²) in [7, 11) is -4.34. The quantitative estimate of drug-likeness (QED) is 0.743. The molecule has 0 radical (unpaired) electrons. The van der Waals surface area contributed by atoms with Crippen LogP contribution in [-0.2, 0) is 20.2 Å². The molecule has 9 nitrogen and oxygen atoms in total. The van der Waals surface area contributed by atoms with Crippen LogP contribution in [0.3, 0.4) is 0 Å². The molecule has 0 atom stereocenters.